The first-order valence-corrected chi connectivity index (χ1v) is 20.8. The fourth-order valence-corrected chi connectivity index (χ4v) is 10.5. The first-order valence-electron chi connectivity index (χ1n) is 20.8. The van der Waals surface area contributed by atoms with Gasteiger partial charge in [0, 0.05) is 22.1 Å². The minimum absolute atomic E-state index is 0.265. The predicted molar refractivity (Wildman–Crippen MR) is 246 cm³/mol. The average Bonchev–Trinajstić information content (AvgIpc) is 3.61. The molecule has 2 aliphatic rings. The van der Waals surface area contributed by atoms with Crippen LogP contribution in [-0.4, -0.2) is 15.0 Å². The monoisotopic (exact) mass is 765 g/mol. The van der Waals surface area contributed by atoms with Gasteiger partial charge in [-0.2, -0.15) is 0 Å². The van der Waals surface area contributed by atoms with Crippen molar-refractivity contribution >= 4 is 21.5 Å². The Morgan fingerprint density at radius 2 is 0.800 bits per heavy atom. The van der Waals surface area contributed by atoms with Gasteiger partial charge in [-0.1, -0.05) is 208 Å². The molecule has 12 rings (SSSR count). The molecule has 0 atom stereocenters. The molecule has 3 heteroatoms. The summed E-state index contributed by atoms with van der Waals surface area (Å²) in [6.07, 6.45) is 0. The normalized spacial score (nSPS) is 14.1. The lowest BCUT2D eigenvalue weighted by Crippen LogP contribution is -2.41. The molecule has 282 valence electrons. The molecule has 0 amide bonds. The highest BCUT2D eigenvalue weighted by Crippen LogP contribution is 2.63. The zero-order chi connectivity index (χ0) is 40.0. The van der Waals surface area contributed by atoms with Crippen LogP contribution >= 0.6 is 0 Å². The quantitative estimate of drug-likeness (QED) is 0.168. The van der Waals surface area contributed by atoms with Crippen molar-refractivity contribution < 1.29 is 0 Å². The van der Waals surface area contributed by atoms with Crippen molar-refractivity contribution in [3.8, 4) is 56.4 Å². The van der Waals surface area contributed by atoms with E-state index in [0.29, 0.717) is 17.5 Å². The first-order chi connectivity index (χ1) is 29.5. The molecule has 0 fully saturated rings. The van der Waals surface area contributed by atoms with E-state index < -0.39 is 5.41 Å². The maximum atomic E-state index is 5.16. The average molecular weight is 766 g/mol. The van der Waals surface area contributed by atoms with Crippen molar-refractivity contribution in [3.63, 3.8) is 0 Å². The molecule has 0 saturated carbocycles. The van der Waals surface area contributed by atoms with Gasteiger partial charge in [-0.3, -0.25) is 0 Å². The second-order valence-electron chi connectivity index (χ2n) is 16.7. The summed E-state index contributed by atoms with van der Waals surface area (Å²) >= 11 is 0. The van der Waals surface area contributed by atoms with Gasteiger partial charge < -0.3 is 0 Å². The minimum Gasteiger partial charge on any atom is -0.208 e. The SMILES string of the molecule is CC1(C)c2ccccc2C2(c3ccccc3-c3ccccc32)c2cccc(-c3ccc(-c4nc(-c5ccccc5)nc(-c5ccc6c(ccc7ccccc76)c5)n4)cc3)c21. The Hall–Kier alpha value is -7.49. The van der Waals surface area contributed by atoms with Gasteiger partial charge in [-0.05, 0) is 83.2 Å². The molecule has 2 aliphatic carbocycles. The van der Waals surface area contributed by atoms with Crippen LogP contribution in [-0.2, 0) is 10.8 Å². The molecule has 0 bridgehead atoms. The summed E-state index contributed by atoms with van der Waals surface area (Å²) in [5.41, 5.74) is 15.3. The van der Waals surface area contributed by atoms with Crippen LogP contribution < -0.4 is 0 Å². The Kier molecular flexibility index (Phi) is 7.49. The van der Waals surface area contributed by atoms with Crippen LogP contribution in [0.5, 0.6) is 0 Å². The van der Waals surface area contributed by atoms with Gasteiger partial charge in [0.2, 0.25) is 0 Å². The molecule has 1 aromatic heterocycles. The summed E-state index contributed by atoms with van der Waals surface area (Å²) in [5.74, 6) is 1.95. The summed E-state index contributed by atoms with van der Waals surface area (Å²) in [6.45, 7) is 4.80. The fraction of sp³-hybridized carbons (Fsp3) is 0.0702. The predicted octanol–water partition coefficient (Wildman–Crippen LogP) is 13.8. The second kappa shape index (κ2) is 13.0. The van der Waals surface area contributed by atoms with Crippen LogP contribution in [0.15, 0.2) is 200 Å². The number of hydrogen-bond acceptors (Lipinski definition) is 3. The Balaban J connectivity index is 1.01. The first kappa shape index (κ1) is 34.5. The summed E-state index contributed by atoms with van der Waals surface area (Å²) in [5, 5.41) is 4.84. The molecule has 0 N–H and O–H groups in total. The zero-order valence-electron chi connectivity index (χ0n) is 33.4. The van der Waals surface area contributed by atoms with E-state index in [0.717, 1.165) is 27.6 Å². The molecule has 10 aromatic rings. The lowest BCUT2D eigenvalue weighted by Gasteiger charge is -2.47. The molecule has 60 heavy (non-hydrogen) atoms. The lowest BCUT2D eigenvalue weighted by molar-refractivity contribution is 0.565. The number of rotatable bonds is 4. The maximum absolute atomic E-state index is 5.16. The molecular weight excluding hydrogens is 727 g/mol. The number of nitrogens with zero attached hydrogens (tertiary/aromatic N) is 3. The standard InChI is InChI=1S/C57H39N3/c1-56(2)49-24-12-13-25-50(49)57(47-22-10-8-19-45(47)46-20-9-11-23-48(46)57)51-26-14-21-44(52(51)56)37-27-30-39(31-28-37)54-58-53(38-16-4-3-5-17-38)59-55(60-54)41-33-34-43-40(35-41)32-29-36-15-6-7-18-42(36)43/h3-35H,1-2H3. The zero-order valence-corrected chi connectivity index (χ0v) is 33.4. The minimum atomic E-state index is -0.435. The van der Waals surface area contributed by atoms with Gasteiger partial charge in [-0.15, -0.1) is 0 Å². The van der Waals surface area contributed by atoms with Crippen LogP contribution in [0.1, 0.15) is 47.2 Å². The summed E-state index contributed by atoms with van der Waals surface area (Å²) in [4.78, 5) is 15.3. The van der Waals surface area contributed by atoms with Gasteiger partial charge in [0.15, 0.2) is 17.5 Å². The van der Waals surface area contributed by atoms with E-state index in [9.17, 15) is 0 Å². The number of aromatic nitrogens is 3. The van der Waals surface area contributed by atoms with E-state index in [1.54, 1.807) is 0 Å². The van der Waals surface area contributed by atoms with E-state index in [4.69, 9.17) is 15.0 Å². The van der Waals surface area contributed by atoms with Crippen LogP contribution in [0, 0.1) is 0 Å². The van der Waals surface area contributed by atoms with Gasteiger partial charge in [0.05, 0.1) is 5.41 Å². The Morgan fingerprint density at radius 3 is 1.52 bits per heavy atom. The van der Waals surface area contributed by atoms with Crippen LogP contribution in [0.3, 0.4) is 0 Å². The van der Waals surface area contributed by atoms with Crippen molar-refractivity contribution in [1.29, 1.82) is 0 Å². The van der Waals surface area contributed by atoms with Crippen molar-refractivity contribution in [3.05, 3.63) is 234 Å². The third kappa shape index (κ3) is 4.93. The van der Waals surface area contributed by atoms with Crippen LogP contribution in [0.4, 0.5) is 0 Å². The van der Waals surface area contributed by atoms with Crippen LogP contribution in [0.2, 0.25) is 0 Å². The molecule has 0 saturated heterocycles. The lowest BCUT2D eigenvalue weighted by atomic mass is 9.54. The summed E-state index contributed by atoms with van der Waals surface area (Å²) in [6, 6.07) is 72.6. The molecular formula is C57H39N3. The van der Waals surface area contributed by atoms with Gasteiger partial charge in [0.25, 0.3) is 0 Å². The molecule has 3 nitrogen and oxygen atoms in total. The van der Waals surface area contributed by atoms with E-state index in [2.05, 4.69) is 196 Å². The molecule has 0 radical (unpaired) electrons. The second-order valence-corrected chi connectivity index (χ2v) is 16.7. The maximum Gasteiger partial charge on any atom is 0.164 e. The summed E-state index contributed by atoms with van der Waals surface area (Å²) < 4.78 is 0. The van der Waals surface area contributed by atoms with E-state index in [-0.39, 0.29) is 5.41 Å². The molecule has 9 aromatic carbocycles. The third-order valence-corrected chi connectivity index (χ3v) is 13.2. The molecule has 1 heterocycles. The molecule has 0 unspecified atom stereocenters. The molecule has 0 aliphatic heterocycles. The smallest absolute Gasteiger partial charge is 0.164 e. The van der Waals surface area contributed by atoms with Crippen LogP contribution in [0.25, 0.3) is 78.0 Å². The third-order valence-electron chi connectivity index (χ3n) is 13.2. The topological polar surface area (TPSA) is 38.7 Å². The highest BCUT2D eigenvalue weighted by molar-refractivity contribution is 6.08. The van der Waals surface area contributed by atoms with E-state index >= 15 is 0 Å². The van der Waals surface area contributed by atoms with E-state index in [1.165, 1.54) is 66.2 Å². The largest absolute Gasteiger partial charge is 0.208 e. The van der Waals surface area contributed by atoms with Crippen molar-refractivity contribution in [1.82, 2.24) is 15.0 Å². The number of fused-ring (bicyclic) bond motifs is 12. The summed E-state index contributed by atoms with van der Waals surface area (Å²) in [7, 11) is 0. The van der Waals surface area contributed by atoms with Gasteiger partial charge in [0.1, 0.15) is 0 Å². The fourth-order valence-electron chi connectivity index (χ4n) is 10.5. The van der Waals surface area contributed by atoms with Gasteiger partial charge >= 0.3 is 0 Å². The van der Waals surface area contributed by atoms with Gasteiger partial charge in [-0.25, -0.2) is 15.0 Å². The van der Waals surface area contributed by atoms with Crippen molar-refractivity contribution in [2.75, 3.05) is 0 Å². The van der Waals surface area contributed by atoms with Crippen molar-refractivity contribution in [2.24, 2.45) is 0 Å². The Labute approximate surface area is 349 Å². The Morgan fingerprint density at radius 1 is 0.317 bits per heavy atom. The number of benzene rings is 9. The van der Waals surface area contributed by atoms with Crippen molar-refractivity contribution in [2.45, 2.75) is 24.7 Å². The molecule has 1 spiro atoms. The van der Waals surface area contributed by atoms with E-state index in [1.807, 2.05) is 18.2 Å². The highest BCUT2D eigenvalue weighted by atomic mass is 15.0. The number of hydrogen-bond donors (Lipinski definition) is 0. The Bertz CT molecular complexity index is 3300. The highest BCUT2D eigenvalue weighted by Gasteiger charge is 2.53.